The molecule has 1 heterocycles. The number of carbonyl (C=O) groups excluding carboxylic acids is 1. The number of hydrogen-bond acceptors (Lipinski definition) is 3. The predicted octanol–water partition coefficient (Wildman–Crippen LogP) is 4.20. The first-order chi connectivity index (χ1) is 11.1. The van der Waals surface area contributed by atoms with E-state index in [0.717, 1.165) is 24.8 Å². The Balaban J connectivity index is 1.81. The van der Waals surface area contributed by atoms with Crippen LogP contribution in [0.25, 0.3) is 0 Å². The van der Waals surface area contributed by atoms with Crippen molar-refractivity contribution in [3.05, 3.63) is 59.3 Å². The number of rotatable bonds is 4. The van der Waals surface area contributed by atoms with Gasteiger partial charge in [0.1, 0.15) is 5.03 Å². The topological polar surface area (TPSA) is 42.0 Å². The zero-order valence-electron chi connectivity index (χ0n) is 12.3. The fourth-order valence-corrected chi connectivity index (χ4v) is 3.46. The van der Waals surface area contributed by atoms with Crippen LogP contribution in [0.5, 0.6) is 0 Å². The minimum atomic E-state index is -2.60. The van der Waals surface area contributed by atoms with Gasteiger partial charge in [0, 0.05) is 6.20 Å². The van der Waals surface area contributed by atoms with E-state index >= 15 is 0 Å². The molecule has 1 unspecified atom stereocenters. The van der Waals surface area contributed by atoms with Crippen molar-refractivity contribution in [1.29, 1.82) is 0 Å². The number of amides is 1. The maximum absolute atomic E-state index is 12.6. The van der Waals surface area contributed by atoms with Crippen LogP contribution in [0.1, 0.15) is 40.4 Å². The lowest BCUT2D eigenvalue weighted by Gasteiger charge is -2.26. The minimum absolute atomic E-state index is 0.0593. The number of nitrogens with one attached hydrogen (secondary N) is 1. The summed E-state index contributed by atoms with van der Waals surface area (Å²) in [4.78, 5) is 16.4. The summed E-state index contributed by atoms with van der Waals surface area (Å²) in [5.41, 5.74) is 2.54. The first-order valence-corrected chi connectivity index (χ1v) is 8.31. The van der Waals surface area contributed by atoms with Crippen molar-refractivity contribution in [3.63, 3.8) is 0 Å². The molecular formula is C17H16F2N2OS. The molecule has 0 bridgehead atoms. The molecule has 120 valence electrons. The number of halogens is 2. The SMILES string of the molecule is O=C(NC1CCCc2ccccc21)c1cccnc1SC(F)F. The fraction of sp³-hybridized carbons (Fsp3) is 0.294. The fourth-order valence-electron chi connectivity index (χ4n) is 2.88. The van der Waals surface area contributed by atoms with Crippen molar-refractivity contribution in [3.8, 4) is 0 Å². The third-order valence-corrected chi connectivity index (χ3v) is 4.62. The summed E-state index contributed by atoms with van der Waals surface area (Å²) in [6, 6.07) is 11.0. The Labute approximate surface area is 137 Å². The lowest BCUT2D eigenvalue weighted by Crippen LogP contribution is -2.31. The van der Waals surface area contributed by atoms with Crippen LogP contribution in [0, 0.1) is 0 Å². The molecule has 0 fully saturated rings. The van der Waals surface area contributed by atoms with E-state index in [0.29, 0.717) is 11.8 Å². The number of pyridine rings is 1. The maximum Gasteiger partial charge on any atom is 0.290 e. The normalized spacial score (nSPS) is 16.9. The Morgan fingerprint density at radius 1 is 1.26 bits per heavy atom. The molecule has 6 heteroatoms. The summed E-state index contributed by atoms with van der Waals surface area (Å²) in [7, 11) is 0. The summed E-state index contributed by atoms with van der Waals surface area (Å²) in [6.07, 6.45) is 4.26. The first-order valence-electron chi connectivity index (χ1n) is 7.43. The van der Waals surface area contributed by atoms with Gasteiger partial charge in [0.05, 0.1) is 11.6 Å². The van der Waals surface area contributed by atoms with Gasteiger partial charge in [0.15, 0.2) is 0 Å². The second-order valence-electron chi connectivity index (χ2n) is 5.35. The van der Waals surface area contributed by atoms with Gasteiger partial charge in [-0.3, -0.25) is 4.79 Å². The summed E-state index contributed by atoms with van der Waals surface area (Å²) in [5, 5.41) is 3.03. The highest BCUT2D eigenvalue weighted by molar-refractivity contribution is 7.99. The largest absolute Gasteiger partial charge is 0.345 e. The standard InChI is InChI=1S/C17H16F2N2OS/c18-17(19)23-16-13(8-4-10-20-16)15(22)21-14-9-3-6-11-5-1-2-7-12(11)14/h1-2,4-5,7-8,10,14,17H,3,6,9H2,(H,21,22). The molecule has 1 N–H and O–H groups in total. The quantitative estimate of drug-likeness (QED) is 0.852. The minimum Gasteiger partial charge on any atom is -0.345 e. The smallest absolute Gasteiger partial charge is 0.290 e. The molecular weight excluding hydrogens is 318 g/mol. The lowest BCUT2D eigenvalue weighted by molar-refractivity contribution is 0.0929. The molecule has 2 aromatic rings. The summed E-state index contributed by atoms with van der Waals surface area (Å²) in [6.45, 7) is 0. The van der Waals surface area contributed by atoms with E-state index < -0.39 is 5.76 Å². The van der Waals surface area contributed by atoms with Gasteiger partial charge in [-0.2, -0.15) is 8.78 Å². The van der Waals surface area contributed by atoms with Crippen molar-refractivity contribution in [2.45, 2.75) is 36.1 Å². The van der Waals surface area contributed by atoms with E-state index in [1.165, 1.54) is 17.8 Å². The Hall–Kier alpha value is -1.95. The average Bonchev–Trinajstić information content (AvgIpc) is 2.55. The van der Waals surface area contributed by atoms with Gasteiger partial charge in [-0.05, 0) is 54.3 Å². The molecule has 1 atom stereocenters. The predicted molar refractivity (Wildman–Crippen MR) is 85.7 cm³/mol. The molecule has 1 aromatic carbocycles. The van der Waals surface area contributed by atoms with E-state index in [2.05, 4.69) is 16.4 Å². The van der Waals surface area contributed by atoms with Crippen molar-refractivity contribution >= 4 is 17.7 Å². The van der Waals surface area contributed by atoms with E-state index in [1.54, 1.807) is 6.07 Å². The summed E-state index contributed by atoms with van der Waals surface area (Å²) >= 11 is 0.296. The average molecular weight is 334 g/mol. The van der Waals surface area contributed by atoms with Crippen LogP contribution in [-0.2, 0) is 6.42 Å². The number of aromatic nitrogens is 1. The molecule has 1 aliphatic rings. The molecule has 0 saturated carbocycles. The van der Waals surface area contributed by atoms with Gasteiger partial charge in [-0.15, -0.1) is 0 Å². The van der Waals surface area contributed by atoms with Gasteiger partial charge in [0.2, 0.25) is 0 Å². The molecule has 0 saturated heterocycles. The van der Waals surface area contributed by atoms with Crippen LogP contribution < -0.4 is 5.32 Å². The van der Waals surface area contributed by atoms with Gasteiger partial charge in [0.25, 0.3) is 11.7 Å². The molecule has 0 aliphatic heterocycles. The van der Waals surface area contributed by atoms with E-state index in [-0.39, 0.29) is 22.5 Å². The number of benzene rings is 1. The van der Waals surface area contributed by atoms with Crippen molar-refractivity contribution in [2.24, 2.45) is 0 Å². The molecule has 1 aliphatic carbocycles. The van der Waals surface area contributed by atoms with Crippen molar-refractivity contribution in [1.82, 2.24) is 10.3 Å². The van der Waals surface area contributed by atoms with Crippen molar-refractivity contribution < 1.29 is 13.6 Å². The zero-order valence-corrected chi connectivity index (χ0v) is 13.2. The van der Waals surface area contributed by atoms with Crippen LogP contribution in [0.3, 0.4) is 0 Å². The molecule has 3 nitrogen and oxygen atoms in total. The number of alkyl halides is 2. The lowest BCUT2D eigenvalue weighted by atomic mass is 9.87. The second kappa shape index (κ2) is 7.08. The molecule has 3 rings (SSSR count). The highest BCUT2D eigenvalue weighted by Crippen LogP contribution is 2.31. The van der Waals surface area contributed by atoms with E-state index in [4.69, 9.17) is 0 Å². The van der Waals surface area contributed by atoms with Gasteiger partial charge >= 0.3 is 0 Å². The maximum atomic E-state index is 12.6. The third-order valence-electron chi connectivity index (χ3n) is 3.89. The molecule has 23 heavy (non-hydrogen) atoms. The Bertz CT molecular complexity index is 708. The van der Waals surface area contributed by atoms with Crippen molar-refractivity contribution in [2.75, 3.05) is 0 Å². The zero-order chi connectivity index (χ0) is 16.2. The first kappa shape index (κ1) is 15.9. The number of carbonyl (C=O) groups is 1. The van der Waals surface area contributed by atoms with Crippen LogP contribution in [-0.4, -0.2) is 16.6 Å². The number of thioether (sulfide) groups is 1. The molecule has 1 aromatic heterocycles. The monoisotopic (exact) mass is 334 g/mol. The van der Waals surface area contributed by atoms with Gasteiger partial charge in [-0.25, -0.2) is 4.98 Å². The van der Waals surface area contributed by atoms with Crippen LogP contribution in [0.4, 0.5) is 8.78 Å². The number of aryl methyl sites for hydroxylation is 1. The third kappa shape index (κ3) is 3.69. The summed E-state index contributed by atoms with van der Waals surface area (Å²) in [5.74, 6) is -2.96. The number of nitrogens with zero attached hydrogens (tertiary/aromatic N) is 1. The van der Waals surface area contributed by atoms with Gasteiger partial charge < -0.3 is 5.32 Å². The molecule has 0 spiro atoms. The van der Waals surface area contributed by atoms with E-state index in [9.17, 15) is 13.6 Å². The number of fused-ring (bicyclic) bond motifs is 1. The van der Waals surface area contributed by atoms with Crippen LogP contribution >= 0.6 is 11.8 Å². The summed E-state index contributed by atoms with van der Waals surface area (Å²) < 4.78 is 25.2. The Morgan fingerprint density at radius 3 is 2.91 bits per heavy atom. The van der Waals surface area contributed by atoms with Gasteiger partial charge in [-0.1, -0.05) is 24.3 Å². The highest BCUT2D eigenvalue weighted by atomic mass is 32.2. The highest BCUT2D eigenvalue weighted by Gasteiger charge is 2.24. The number of hydrogen-bond donors (Lipinski definition) is 1. The van der Waals surface area contributed by atoms with E-state index in [1.807, 2.05) is 18.2 Å². The second-order valence-corrected chi connectivity index (χ2v) is 6.33. The van der Waals surface area contributed by atoms with Crippen LogP contribution in [0.2, 0.25) is 0 Å². The molecule has 1 amide bonds. The molecule has 0 radical (unpaired) electrons. The van der Waals surface area contributed by atoms with Crippen LogP contribution in [0.15, 0.2) is 47.6 Å². The Morgan fingerprint density at radius 2 is 2.09 bits per heavy atom. The Kier molecular flexibility index (Phi) is 4.91.